The molecular formula is C22H27N3O6S. The molecule has 1 saturated heterocycles. The lowest BCUT2D eigenvalue weighted by Crippen LogP contribution is -2.40. The van der Waals surface area contributed by atoms with Crippen molar-refractivity contribution in [2.24, 2.45) is 0 Å². The number of morpholine rings is 1. The quantitative estimate of drug-likeness (QED) is 0.608. The number of amides is 1. The molecule has 1 amide bonds. The van der Waals surface area contributed by atoms with Gasteiger partial charge < -0.3 is 20.1 Å². The van der Waals surface area contributed by atoms with Gasteiger partial charge in [0.15, 0.2) is 6.10 Å². The third kappa shape index (κ3) is 5.26. The molecule has 32 heavy (non-hydrogen) atoms. The molecule has 1 heterocycles. The Kier molecular flexibility index (Phi) is 7.49. The first kappa shape index (κ1) is 23.7. The number of nitrogens with one attached hydrogen (secondary N) is 2. The van der Waals surface area contributed by atoms with E-state index in [9.17, 15) is 18.0 Å². The highest BCUT2D eigenvalue weighted by Crippen LogP contribution is 2.25. The third-order valence-electron chi connectivity index (χ3n) is 5.11. The topological polar surface area (TPSA) is 114 Å². The van der Waals surface area contributed by atoms with E-state index in [1.807, 2.05) is 0 Å². The molecule has 0 radical (unpaired) electrons. The Labute approximate surface area is 187 Å². The molecule has 0 bridgehead atoms. The number of anilines is 2. The van der Waals surface area contributed by atoms with Crippen LogP contribution in [0.1, 0.15) is 22.8 Å². The minimum absolute atomic E-state index is 0.116. The van der Waals surface area contributed by atoms with Crippen molar-refractivity contribution in [3.05, 3.63) is 53.6 Å². The molecule has 0 aromatic heterocycles. The number of hydrogen-bond acceptors (Lipinski definition) is 7. The summed E-state index contributed by atoms with van der Waals surface area (Å²) in [6.07, 6.45) is -1.09. The Hall–Kier alpha value is -2.95. The van der Waals surface area contributed by atoms with E-state index in [0.717, 1.165) is 0 Å². The Bertz CT molecular complexity index is 1100. The predicted molar refractivity (Wildman–Crippen MR) is 120 cm³/mol. The molecule has 2 N–H and O–H groups in total. The van der Waals surface area contributed by atoms with Gasteiger partial charge in [-0.25, -0.2) is 13.2 Å². The van der Waals surface area contributed by atoms with Crippen molar-refractivity contribution in [3.63, 3.8) is 0 Å². The van der Waals surface area contributed by atoms with Gasteiger partial charge in [0.2, 0.25) is 10.0 Å². The van der Waals surface area contributed by atoms with E-state index >= 15 is 0 Å². The van der Waals surface area contributed by atoms with Crippen LogP contribution in [0.25, 0.3) is 0 Å². The zero-order chi connectivity index (χ0) is 23.3. The molecule has 0 spiro atoms. The first-order chi connectivity index (χ1) is 15.2. The van der Waals surface area contributed by atoms with Crippen LogP contribution in [-0.2, 0) is 24.3 Å². The second-order valence-corrected chi connectivity index (χ2v) is 9.24. The van der Waals surface area contributed by atoms with Crippen LogP contribution in [0.3, 0.4) is 0 Å². The maximum atomic E-state index is 13.0. The highest BCUT2D eigenvalue weighted by atomic mass is 32.2. The largest absolute Gasteiger partial charge is 0.449 e. The molecule has 1 fully saturated rings. The first-order valence-electron chi connectivity index (χ1n) is 10.2. The summed E-state index contributed by atoms with van der Waals surface area (Å²) in [4.78, 5) is 25.2. The molecule has 1 atom stereocenters. The molecule has 1 aliphatic rings. The van der Waals surface area contributed by atoms with Gasteiger partial charge in [0.05, 0.1) is 23.7 Å². The van der Waals surface area contributed by atoms with Crippen molar-refractivity contribution in [1.29, 1.82) is 0 Å². The molecule has 0 saturated carbocycles. The number of hydrogen-bond donors (Lipinski definition) is 2. The van der Waals surface area contributed by atoms with Crippen molar-refractivity contribution in [2.75, 3.05) is 44.0 Å². The second-order valence-electron chi connectivity index (χ2n) is 7.33. The van der Waals surface area contributed by atoms with Gasteiger partial charge in [0.1, 0.15) is 0 Å². The van der Waals surface area contributed by atoms with Gasteiger partial charge in [0.25, 0.3) is 5.91 Å². The smallest absolute Gasteiger partial charge is 0.341 e. The van der Waals surface area contributed by atoms with Crippen LogP contribution < -0.4 is 10.6 Å². The highest BCUT2D eigenvalue weighted by Gasteiger charge is 2.28. The van der Waals surface area contributed by atoms with Crippen molar-refractivity contribution in [2.45, 2.75) is 24.8 Å². The van der Waals surface area contributed by atoms with Gasteiger partial charge in [0, 0.05) is 31.5 Å². The summed E-state index contributed by atoms with van der Waals surface area (Å²) in [5.41, 5.74) is 1.76. The maximum absolute atomic E-state index is 13.0. The number of esters is 1. The second kappa shape index (κ2) is 10.1. The lowest BCUT2D eigenvalue weighted by Gasteiger charge is -2.27. The van der Waals surface area contributed by atoms with Crippen molar-refractivity contribution in [1.82, 2.24) is 4.31 Å². The van der Waals surface area contributed by atoms with Crippen LogP contribution in [-0.4, -0.2) is 64.1 Å². The first-order valence-corrected chi connectivity index (χ1v) is 11.6. The normalized spacial score (nSPS) is 15.6. The number of rotatable bonds is 7. The Morgan fingerprint density at radius 2 is 1.81 bits per heavy atom. The molecule has 9 nitrogen and oxygen atoms in total. The van der Waals surface area contributed by atoms with Gasteiger partial charge in [-0.15, -0.1) is 0 Å². The van der Waals surface area contributed by atoms with E-state index in [4.69, 9.17) is 9.47 Å². The summed E-state index contributed by atoms with van der Waals surface area (Å²) in [5.74, 6) is -1.21. The molecule has 3 rings (SSSR count). The van der Waals surface area contributed by atoms with Gasteiger partial charge in [-0.2, -0.15) is 4.31 Å². The minimum atomic E-state index is -3.72. The lowest BCUT2D eigenvalue weighted by molar-refractivity contribution is -0.123. The van der Waals surface area contributed by atoms with E-state index in [1.54, 1.807) is 50.4 Å². The summed E-state index contributed by atoms with van der Waals surface area (Å²) >= 11 is 0. The van der Waals surface area contributed by atoms with Crippen LogP contribution in [0, 0.1) is 6.92 Å². The van der Waals surface area contributed by atoms with Crippen LogP contribution >= 0.6 is 0 Å². The van der Waals surface area contributed by atoms with Gasteiger partial charge in [-0.1, -0.05) is 18.2 Å². The monoisotopic (exact) mass is 461 g/mol. The van der Waals surface area contributed by atoms with Crippen LogP contribution in [0.15, 0.2) is 47.4 Å². The third-order valence-corrected chi connectivity index (χ3v) is 7.15. The van der Waals surface area contributed by atoms with E-state index in [2.05, 4.69) is 10.6 Å². The van der Waals surface area contributed by atoms with E-state index in [0.29, 0.717) is 35.7 Å². The number of carbonyl (C=O) groups excluding carboxylic acids is 2. The molecular weight excluding hydrogens is 434 g/mol. The molecule has 0 aliphatic carbocycles. The number of aryl methyl sites for hydroxylation is 1. The molecule has 172 valence electrons. The molecule has 10 heteroatoms. The van der Waals surface area contributed by atoms with Crippen molar-refractivity contribution in [3.8, 4) is 0 Å². The summed E-state index contributed by atoms with van der Waals surface area (Å²) in [6.45, 7) is 4.39. The maximum Gasteiger partial charge on any atom is 0.341 e. The van der Waals surface area contributed by atoms with Gasteiger partial charge in [-0.3, -0.25) is 4.79 Å². The van der Waals surface area contributed by atoms with Gasteiger partial charge in [-0.05, 0) is 43.7 Å². The fourth-order valence-corrected chi connectivity index (χ4v) is 4.94. The molecule has 2 aromatic carbocycles. The Morgan fingerprint density at radius 1 is 1.12 bits per heavy atom. The zero-order valence-corrected chi connectivity index (χ0v) is 19.1. The molecule has 2 aromatic rings. The number of carbonyl (C=O) groups is 2. The summed E-state index contributed by atoms with van der Waals surface area (Å²) in [5, 5.41) is 5.53. The Morgan fingerprint density at radius 3 is 2.50 bits per heavy atom. The lowest BCUT2D eigenvalue weighted by atomic mass is 10.2. The van der Waals surface area contributed by atoms with Crippen molar-refractivity contribution >= 4 is 33.3 Å². The molecule has 1 aliphatic heterocycles. The number of ether oxygens (including phenoxy) is 2. The van der Waals surface area contributed by atoms with E-state index in [-0.39, 0.29) is 18.0 Å². The summed E-state index contributed by atoms with van der Waals surface area (Å²) < 4.78 is 38.0. The fraction of sp³-hybridized carbons (Fsp3) is 0.364. The number of nitrogens with zero attached hydrogens (tertiary/aromatic N) is 1. The number of benzene rings is 2. The fourth-order valence-electron chi connectivity index (χ4n) is 3.28. The Balaban J connectivity index is 1.72. The number of para-hydroxylation sites is 1. The average molecular weight is 462 g/mol. The van der Waals surface area contributed by atoms with Crippen molar-refractivity contribution < 1.29 is 27.5 Å². The summed E-state index contributed by atoms with van der Waals surface area (Å²) in [6, 6.07) is 11.5. The highest BCUT2D eigenvalue weighted by molar-refractivity contribution is 7.89. The predicted octanol–water partition coefficient (Wildman–Crippen LogP) is 2.24. The van der Waals surface area contributed by atoms with Gasteiger partial charge >= 0.3 is 5.97 Å². The van der Waals surface area contributed by atoms with E-state index in [1.165, 1.54) is 17.3 Å². The van der Waals surface area contributed by atoms with Crippen LogP contribution in [0.4, 0.5) is 11.4 Å². The SMILES string of the molecule is CNc1ccccc1C(=O)OC(C)C(=O)Nc1ccc(C)c(S(=O)(=O)N2CCOCC2)c1. The van der Waals surface area contributed by atoms with Crippen LogP contribution in [0.5, 0.6) is 0 Å². The number of sulfonamides is 1. The summed E-state index contributed by atoms with van der Waals surface area (Å²) in [7, 11) is -2.04. The zero-order valence-electron chi connectivity index (χ0n) is 18.3. The standard InChI is InChI=1S/C22H27N3O6S/c1-15-8-9-17(14-20(15)32(28,29)25-10-12-30-13-11-25)24-21(26)16(2)31-22(27)18-6-4-5-7-19(18)23-3/h4-9,14,16,23H,10-13H2,1-3H3,(H,24,26). The van der Waals surface area contributed by atoms with E-state index < -0.39 is 28.0 Å². The minimum Gasteiger partial charge on any atom is -0.449 e. The van der Waals surface area contributed by atoms with Crippen LogP contribution in [0.2, 0.25) is 0 Å². The molecule has 1 unspecified atom stereocenters. The average Bonchev–Trinajstić information content (AvgIpc) is 2.80.